The fourth-order valence-corrected chi connectivity index (χ4v) is 5.27. The van der Waals surface area contributed by atoms with Crippen LogP contribution in [0.5, 0.6) is 0 Å². The summed E-state index contributed by atoms with van der Waals surface area (Å²) >= 11 is 7.46. The Labute approximate surface area is 194 Å². The van der Waals surface area contributed by atoms with Crippen molar-refractivity contribution in [1.82, 2.24) is 4.98 Å². The van der Waals surface area contributed by atoms with Crippen LogP contribution >= 0.6 is 22.9 Å². The van der Waals surface area contributed by atoms with Crippen LogP contribution in [0.2, 0.25) is 5.02 Å². The molecule has 32 heavy (non-hydrogen) atoms. The van der Waals surface area contributed by atoms with Gasteiger partial charge in [0.15, 0.2) is 5.13 Å². The second-order valence-electron chi connectivity index (χ2n) is 7.92. The van der Waals surface area contributed by atoms with E-state index in [1.54, 1.807) is 18.2 Å². The molecule has 1 aliphatic carbocycles. The number of nitrogens with one attached hydrogen (secondary N) is 1. The molecule has 0 spiro atoms. The van der Waals surface area contributed by atoms with Crippen molar-refractivity contribution in [2.75, 3.05) is 5.32 Å². The van der Waals surface area contributed by atoms with Crippen molar-refractivity contribution in [1.29, 1.82) is 0 Å². The van der Waals surface area contributed by atoms with E-state index in [1.165, 1.54) is 41.4 Å². The van der Waals surface area contributed by atoms with Crippen LogP contribution in [0.15, 0.2) is 51.7 Å². The first-order valence-corrected chi connectivity index (χ1v) is 11.9. The van der Waals surface area contributed by atoms with Crippen LogP contribution < -0.4 is 10.9 Å². The summed E-state index contributed by atoms with van der Waals surface area (Å²) in [5.41, 5.74) is 4.38. The Morgan fingerprint density at radius 3 is 2.75 bits per heavy atom. The molecule has 0 saturated heterocycles. The second-order valence-corrected chi connectivity index (χ2v) is 9.44. The second kappa shape index (κ2) is 8.52. The number of anilines is 1. The number of nitrogens with zero attached hydrogens (tertiary/aromatic N) is 1. The summed E-state index contributed by atoms with van der Waals surface area (Å²) in [6.45, 7) is 2.07. The summed E-state index contributed by atoms with van der Waals surface area (Å²) in [5.74, 6) is -0.547. The zero-order valence-electron chi connectivity index (χ0n) is 17.5. The Morgan fingerprint density at radius 2 is 1.94 bits per heavy atom. The highest BCUT2D eigenvalue weighted by Gasteiger charge is 2.19. The van der Waals surface area contributed by atoms with Gasteiger partial charge in [0.05, 0.1) is 5.69 Å². The SMILES string of the molecule is CCc1sc(NC(=O)c2cc3cc(Cl)ccc3oc2=O)nc1-c1ccc2c(c1)CCCC2. The summed E-state index contributed by atoms with van der Waals surface area (Å²) in [5, 5.41) is 4.33. The molecule has 1 N–H and O–H groups in total. The number of amides is 1. The van der Waals surface area contributed by atoms with E-state index < -0.39 is 11.5 Å². The van der Waals surface area contributed by atoms with E-state index in [4.69, 9.17) is 21.0 Å². The Balaban J connectivity index is 1.46. The summed E-state index contributed by atoms with van der Waals surface area (Å²) < 4.78 is 5.29. The Hall–Kier alpha value is -2.96. The summed E-state index contributed by atoms with van der Waals surface area (Å²) in [6, 6.07) is 13.0. The Bertz CT molecular complexity index is 1410. The van der Waals surface area contributed by atoms with Gasteiger partial charge >= 0.3 is 5.63 Å². The van der Waals surface area contributed by atoms with Gasteiger partial charge in [-0.2, -0.15) is 0 Å². The van der Waals surface area contributed by atoms with Crippen LogP contribution in [0.3, 0.4) is 0 Å². The number of aryl methyl sites for hydroxylation is 3. The lowest BCUT2D eigenvalue weighted by atomic mass is 9.90. The molecule has 7 heteroatoms. The minimum absolute atomic E-state index is 0.0802. The molecule has 0 saturated carbocycles. The van der Waals surface area contributed by atoms with Gasteiger partial charge in [-0.3, -0.25) is 10.1 Å². The fourth-order valence-electron chi connectivity index (χ4n) is 4.17. The third kappa shape index (κ3) is 3.96. The van der Waals surface area contributed by atoms with E-state index in [2.05, 4.69) is 30.4 Å². The molecule has 162 valence electrons. The molecule has 0 bridgehead atoms. The first-order valence-electron chi connectivity index (χ1n) is 10.7. The molecule has 0 fully saturated rings. The zero-order chi connectivity index (χ0) is 22.2. The lowest BCUT2D eigenvalue weighted by Gasteiger charge is -2.16. The van der Waals surface area contributed by atoms with Crippen LogP contribution in [0.25, 0.3) is 22.2 Å². The van der Waals surface area contributed by atoms with Crippen molar-refractivity contribution < 1.29 is 9.21 Å². The maximum absolute atomic E-state index is 12.9. The van der Waals surface area contributed by atoms with E-state index in [9.17, 15) is 9.59 Å². The highest BCUT2D eigenvalue weighted by Crippen LogP contribution is 2.34. The standard InChI is InChI=1S/C25H21ClN2O3S/c1-2-21-22(16-8-7-14-5-3-4-6-15(14)11-16)27-25(32-21)28-23(29)19-13-17-12-18(26)9-10-20(17)31-24(19)30/h7-13H,2-6H2,1H3,(H,27,28,29). The number of carbonyl (C=O) groups excluding carboxylic acids is 1. The average molecular weight is 465 g/mol. The van der Waals surface area contributed by atoms with E-state index in [0.29, 0.717) is 21.1 Å². The summed E-state index contributed by atoms with van der Waals surface area (Å²) in [4.78, 5) is 31.0. The molecule has 0 radical (unpaired) electrons. The molecule has 1 amide bonds. The number of halogens is 1. The first kappa shape index (κ1) is 20.9. The Morgan fingerprint density at radius 1 is 1.12 bits per heavy atom. The minimum atomic E-state index is -0.695. The molecule has 0 atom stereocenters. The molecule has 0 unspecified atom stereocenters. The van der Waals surface area contributed by atoms with E-state index in [-0.39, 0.29) is 5.56 Å². The first-order chi connectivity index (χ1) is 15.5. The van der Waals surface area contributed by atoms with Crippen molar-refractivity contribution in [2.45, 2.75) is 39.0 Å². The normalized spacial score (nSPS) is 13.2. The number of hydrogen-bond acceptors (Lipinski definition) is 5. The fraction of sp³-hybridized carbons (Fsp3) is 0.240. The smallest absolute Gasteiger partial charge is 0.349 e. The van der Waals surface area contributed by atoms with Crippen LogP contribution in [0, 0.1) is 0 Å². The van der Waals surface area contributed by atoms with Crippen LogP contribution in [0.4, 0.5) is 5.13 Å². The molecule has 2 aromatic carbocycles. The summed E-state index contributed by atoms with van der Waals surface area (Å²) in [6.07, 6.45) is 5.49. The largest absolute Gasteiger partial charge is 0.422 e. The quantitative estimate of drug-likeness (QED) is 0.361. The van der Waals surface area contributed by atoms with Gasteiger partial charge in [0.25, 0.3) is 5.91 Å². The lowest BCUT2D eigenvalue weighted by molar-refractivity contribution is 0.102. The maximum Gasteiger partial charge on any atom is 0.349 e. The van der Waals surface area contributed by atoms with Crippen LogP contribution in [-0.4, -0.2) is 10.9 Å². The topological polar surface area (TPSA) is 72.2 Å². The number of aromatic nitrogens is 1. The van der Waals surface area contributed by atoms with E-state index in [1.807, 2.05) is 0 Å². The number of carbonyl (C=O) groups is 1. The zero-order valence-corrected chi connectivity index (χ0v) is 19.1. The molecule has 5 rings (SSSR count). The van der Waals surface area contributed by atoms with Gasteiger partial charge in [0.2, 0.25) is 0 Å². The monoisotopic (exact) mass is 464 g/mol. The van der Waals surface area contributed by atoms with Gasteiger partial charge in [0, 0.05) is 20.8 Å². The molecule has 2 heterocycles. The molecule has 5 nitrogen and oxygen atoms in total. The van der Waals surface area contributed by atoms with Crippen molar-refractivity contribution >= 4 is 44.9 Å². The predicted molar refractivity (Wildman–Crippen MR) is 129 cm³/mol. The van der Waals surface area contributed by atoms with E-state index in [0.717, 1.165) is 35.4 Å². The molecular formula is C25H21ClN2O3S. The van der Waals surface area contributed by atoms with Gasteiger partial charge in [-0.1, -0.05) is 30.7 Å². The number of fused-ring (bicyclic) bond motifs is 2. The van der Waals surface area contributed by atoms with Gasteiger partial charge in [-0.05, 0) is 73.6 Å². The number of thiazole rings is 1. The lowest BCUT2D eigenvalue weighted by Crippen LogP contribution is -2.20. The number of benzene rings is 2. The minimum Gasteiger partial charge on any atom is -0.422 e. The highest BCUT2D eigenvalue weighted by molar-refractivity contribution is 7.16. The van der Waals surface area contributed by atoms with Gasteiger partial charge in [-0.15, -0.1) is 11.3 Å². The van der Waals surface area contributed by atoms with Crippen LogP contribution in [-0.2, 0) is 19.3 Å². The van der Waals surface area contributed by atoms with Gasteiger partial charge in [0.1, 0.15) is 11.1 Å². The molecule has 1 aliphatic rings. The van der Waals surface area contributed by atoms with E-state index >= 15 is 0 Å². The van der Waals surface area contributed by atoms with Crippen molar-refractivity contribution in [3.05, 3.63) is 79.5 Å². The third-order valence-electron chi connectivity index (χ3n) is 5.80. The third-order valence-corrected chi connectivity index (χ3v) is 7.15. The van der Waals surface area contributed by atoms with Crippen LogP contribution in [0.1, 0.15) is 46.1 Å². The number of rotatable bonds is 4. The highest BCUT2D eigenvalue weighted by atomic mass is 35.5. The summed E-state index contributed by atoms with van der Waals surface area (Å²) in [7, 11) is 0. The molecule has 4 aromatic rings. The van der Waals surface area contributed by atoms with Crippen molar-refractivity contribution in [3.63, 3.8) is 0 Å². The predicted octanol–water partition coefficient (Wildman–Crippen LogP) is 6.26. The molecular weight excluding hydrogens is 444 g/mol. The maximum atomic E-state index is 12.9. The number of hydrogen-bond donors (Lipinski definition) is 1. The Kier molecular flexibility index (Phi) is 5.57. The van der Waals surface area contributed by atoms with Crippen molar-refractivity contribution in [2.24, 2.45) is 0 Å². The molecule has 0 aliphatic heterocycles. The van der Waals surface area contributed by atoms with Gasteiger partial charge in [-0.25, -0.2) is 9.78 Å². The average Bonchev–Trinajstić information content (AvgIpc) is 3.21. The molecule has 2 aromatic heterocycles. The van der Waals surface area contributed by atoms with Crippen molar-refractivity contribution in [3.8, 4) is 11.3 Å². The van der Waals surface area contributed by atoms with Gasteiger partial charge < -0.3 is 4.42 Å².